The van der Waals surface area contributed by atoms with Gasteiger partial charge in [-0.1, -0.05) is 6.07 Å². The molecule has 2 rings (SSSR count). The number of aryl methyl sites for hydroxylation is 1. The Morgan fingerprint density at radius 1 is 1.08 bits per heavy atom. The molecule has 0 aliphatic carbocycles. The lowest BCUT2D eigenvalue weighted by Crippen LogP contribution is -2.14. The van der Waals surface area contributed by atoms with Crippen LogP contribution in [0.5, 0.6) is 5.75 Å². The topological polar surface area (TPSA) is 81.4 Å². The number of nitrogen functional groups attached to an aromatic ring is 1. The summed E-state index contributed by atoms with van der Waals surface area (Å²) in [6, 6.07) is 12.3. The Morgan fingerprint density at radius 3 is 2.40 bits per heavy atom. The number of ether oxygens (including phenoxy) is 1. The van der Waals surface area contributed by atoms with E-state index in [1.165, 1.54) is 0 Å². The molecule has 25 heavy (non-hydrogen) atoms. The normalized spacial score (nSPS) is 9.84. The third-order valence-corrected chi connectivity index (χ3v) is 3.60. The monoisotopic (exact) mass is 362 g/mol. The van der Waals surface area contributed by atoms with Crippen molar-refractivity contribution in [2.75, 3.05) is 17.7 Å². The molecule has 2 aromatic rings. The number of carbonyl (C=O) groups excluding carboxylic acids is 2. The van der Waals surface area contributed by atoms with Crippen molar-refractivity contribution in [3.05, 3.63) is 53.6 Å². The van der Waals surface area contributed by atoms with Crippen LogP contribution >= 0.6 is 12.4 Å². The Balaban J connectivity index is 0.00000312. The van der Waals surface area contributed by atoms with E-state index in [1.54, 1.807) is 36.4 Å². The Labute approximate surface area is 154 Å². The van der Waals surface area contributed by atoms with Crippen molar-refractivity contribution in [3.8, 4) is 5.75 Å². The van der Waals surface area contributed by atoms with Gasteiger partial charge in [-0.3, -0.25) is 9.59 Å². The van der Waals surface area contributed by atoms with Crippen molar-refractivity contribution in [2.45, 2.75) is 26.7 Å². The van der Waals surface area contributed by atoms with Crippen molar-refractivity contribution < 1.29 is 14.3 Å². The van der Waals surface area contributed by atoms with E-state index < -0.39 is 0 Å². The number of nitrogens with one attached hydrogen (secondary N) is 1. The molecule has 0 aromatic heterocycles. The fourth-order valence-corrected chi connectivity index (χ4v) is 2.26. The number of benzene rings is 2. The zero-order valence-corrected chi connectivity index (χ0v) is 15.2. The van der Waals surface area contributed by atoms with Gasteiger partial charge in [-0.2, -0.15) is 0 Å². The lowest BCUT2D eigenvalue weighted by molar-refractivity contribution is -0.116. The Hall–Kier alpha value is -2.53. The van der Waals surface area contributed by atoms with Crippen molar-refractivity contribution in [3.63, 3.8) is 0 Å². The number of hydrogen-bond donors (Lipinski definition) is 2. The standard InChI is InChI=1S/C19H22N2O3.ClH/c1-3-24-16-8-5-14(6-9-16)18(22)10-11-19(23)21-17-12-15(20)7-4-13(17)2;/h4-9,12H,3,10-11,20H2,1-2H3,(H,21,23);1H. The maximum atomic E-state index is 12.2. The highest BCUT2D eigenvalue weighted by molar-refractivity contribution is 6.00. The molecule has 0 saturated heterocycles. The maximum absolute atomic E-state index is 12.2. The molecule has 0 atom stereocenters. The Kier molecular flexibility index (Phi) is 7.95. The molecule has 6 heteroatoms. The van der Waals surface area contributed by atoms with Gasteiger partial charge in [-0.05, 0) is 55.8 Å². The molecule has 0 fully saturated rings. The minimum Gasteiger partial charge on any atom is -0.494 e. The smallest absolute Gasteiger partial charge is 0.224 e. The van der Waals surface area contributed by atoms with Gasteiger partial charge in [0.15, 0.2) is 5.78 Å². The van der Waals surface area contributed by atoms with Gasteiger partial charge in [0.1, 0.15) is 5.75 Å². The highest BCUT2D eigenvalue weighted by Gasteiger charge is 2.11. The van der Waals surface area contributed by atoms with Crippen molar-refractivity contribution >= 4 is 35.5 Å². The SMILES string of the molecule is CCOc1ccc(C(=O)CCC(=O)Nc2cc(N)ccc2C)cc1.Cl. The first-order valence-electron chi connectivity index (χ1n) is 7.91. The van der Waals surface area contributed by atoms with Crippen LogP contribution in [0.4, 0.5) is 11.4 Å². The maximum Gasteiger partial charge on any atom is 0.224 e. The summed E-state index contributed by atoms with van der Waals surface area (Å²) in [6.45, 7) is 4.37. The molecule has 0 unspecified atom stereocenters. The molecule has 1 amide bonds. The van der Waals surface area contributed by atoms with Crippen LogP contribution in [0.2, 0.25) is 0 Å². The summed E-state index contributed by atoms with van der Waals surface area (Å²) in [7, 11) is 0. The predicted molar refractivity (Wildman–Crippen MR) is 103 cm³/mol. The van der Waals surface area contributed by atoms with Gasteiger partial charge >= 0.3 is 0 Å². The van der Waals surface area contributed by atoms with Crippen molar-refractivity contribution in [1.82, 2.24) is 0 Å². The van der Waals surface area contributed by atoms with Gasteiger partial charge in [-0.15, -0.1) is 12.4 Å². The van der Waals surface area contributed by atoms with Crippen molar-refractivity contribution in [2.24, 2.45) is 0 Å². The lowest BCUT2D eigenvalue weighted by Gasteiger charge is -2.09. The van der Waals surface area contributed by atoms with Crippen LogP contribution in [0.3, 0.4) is 0 Å². The average Bonchev–Trinajstić information content (AvgIpc) is 2.57. The molecular weight excluding hydrogens is 340 g/mol. The third-order valence-electron chi connectivity index (χ3n) is 3.60. The fraction of sp³-hybridized carbons (Fsp3) is 0.263. The first-order valence-corrected chi connectivity index (χ1v) is 7.91. The molecule has 0 saturated carbocycles. The summed E-state index contributed by atoms with van der Waals surface area (Å²) in [4.78, 5) is 24.2. The number of amides is 1. The largest absolute Gasteiger partial charge is 0.494 e. The zero-order valence-electron chi connectivity index (χ0n) is 14.4. The van der Waals surface area contributed by atoms with E-state index in [0.29, 0.717) is 23.5 Å². The first-order chi connectivity index (χ1) is 11.5. The number of hydrogen-bond acceptors (Lipinski definition) is 4. The molecular formula is C19H23ClN2O3. The van der Waals surface area contributed by atoms with Gasteiger partial charge in [0.2, 0.25) is 5.91 Å². The molecule has 0 spiro atoms. The molecule has 2 aromatic carbocycles. The van der Waals surface area contributed by atoms with E-state index in [-0.39, 0.29) is 36.9 Å². The van der Waals surface area contributed by atoms with Gasteiger partial charge in [0.05, 0.1) is 6.61 Å². The second-order valence-electron chi connectivity index (χ2n) is 5.50. The number of ketones is 1. The van der Waals surface area contributed by atoms with Crippen LogP contribution in [0.1, 0.15) is 35.7 Å². The molecule has 3 N–H and O–H groups in total. The highest BCUT2D eigenvalue weighted by Crippen LogP contribution is 2.19. The second kappa shape index (κ2) is 9.69. The van der Waals surface area contributed by atoms with E-state index in [0.717, 1.165) is 11.3 Å². The van der Waals surface area contributed by atoms with Gasteiger partial charge < -0.3 is 15.8 Å². The summed E-state index contributed by atoms with van der Waals surface area (Å²) in [5.41, 5.74) is 8.48. The second-order valence-corrected chi connectivity index (χ2v) is 5.50. The van der Waals surface area contributed by atoms with Crippen LogP contribution in [-0.2, 0) is 4.79 Å². The molecule has 0 aliphatic rings. The number of nitrogens with two attached hydrogens (primary N) is 1. The molecule has 0 radical (unpaired) electrons. The Bertz CT molecular complexity index is 730. The van der Waals surface area contributed by atoms with E-state index in [1.807, 2.05) is 19.9 Å². The van der Waals surface area contributed by atoms with E-state index in [9.17, 15) is 9.59 Å². The van der Waals surface area contributed by atoms with Gasteiger partial charge in [0, 0.05) is 29.8 Å². The number of Topliss-reactive ketones (excluding diaryl/α,β-unsaturated/α-hetero) is 1. The van der Waals surface area contributed by atoms with Crippen molar-refractivity contribution in [1.29, 1.82) is 0 Å². The van der Waals surface area contributed by atoms with E-state index in [4.69, 9.17) is 10.5 Å². The van der Waals surface area contributed by atoms with E-state index in [2.05, 4.69) is 5.32 Å². The molecule has 0 heterocycles. The van der Waals surface area contributed by atoms with Crippen LogP contribution in [0.25, 0.3) is 0 Å². The van der Waals surface area contributed by atoms with Gasteiger partial charge in [0.25, 0.3) is 0 Å². The van der Waals surface area contributed by atoms with Crippen LogP contribution in [-0.4, -0.2) is 18.3 Å². The van der Waals surface area contributed by atoms with Crippen LogP contribution in [0, 0.1) is 6.92 Å². The first kappa shape index (κ1) is 20.5. The van der Waals surface area contributed by atoms with E-state index >= 15 is 0 Å². The summed E-state index contributed by atoms with van der Waals surface area (Å²) in [5, 5.41) is 2.79. The summed E-state index contributed by atoms with van der Waals surface area (Å²) in [5.74, 6) is 0.449. The average molecular weight is 363 g/mol. The number of halogens is 1. The van der Waals surface area contributed by atoms with Crippen LogP contribution < -0.4 is 15.8 Å². The number of rotatable bonds is 7. The molecule has 0 aliphatic heterocycles. The fourth-order valence-electron chi connectivity index (χ4n) is 2.26. The Morgan fingerprint density at radius 2 is 1.76 bits per heavy atom. The summed E-state index contributed by atoms with van der Waals surface area (Å²) >= 11 is 0. The number of anilines is 2. The predicted octanol–water partition coefficient (Wildman–Crippen LogP) is 4.00. The van der Waals surface area contributed by atoms with Gasteiger partial charge in [-0.25, -0.2) is 0 Å². The minimum absolute atomic E-state index is 0. The lowest BCUT2D eigenvalue weighted by atomic mass is 10.1. The zero-order chi connectivity index (χ0) is 17.5. The minimum atomic E-state index is -0.206. The third kappa shape index (κ3) is 6.12. The van der Waals surface area contributed by atoms with Crippen LogP contribution in [0.15, 0.2) is 42.5 Å². The summed E-state index contributed by atoms with van der Waals surface area (Å²) in [6.07, 6.45) is 0.279. The molecule has 5 nitrogen and oxygen atoms in total. The molecule has 134 valence electrons. The quantitative estimate of drug-likeness (QED) is 0.576. The highest BCUT2D eigenvalue weighted by atomic mass is 35.5. The molecule has 0 bridgehead atoms. The number of carbonyl (C=O) groups is 2. The summed E-state index contributed by atoms with van der Waals surface area (Å²) < 4.78 is 5.34.